The van der Waals surface area contributed by atoms with Crippen LogP contribution in [-0.2, 0) is 17.6 Å². The van der Waals surface area contributed by atoms with Crippen molar-refractivity contribution in [3.63, 3.8) is 0 Å². The van der Waals surface area contributed by atoms with Gasteiger partial charge >= 0.3 is 6.18 Å². The Kier molecular flexibility index (Phi) is 7.37. The van der Waals surface area contributed by atoms with Crippen LogP contribution in [0.1, 0.15) is 16.7 Å². The predicted molar refractivity (Wildman–Crippen MR) is 137 cm³/mol. The Morgan fingerprint density at radius 2 is 1.85 bits per heavy atom. The number of alkyl halides is 3. The van der Waals surface area contributed by atoms with Crippen LogP contribution in [0.5, 0.6) is 5.75 Å². The summed E-state index contributed by atoms with van der Waals surface area (Å²) in [5, 5.41) is 0.609. The molecule has 174 valence electrons. The van der Waals surface area contributed by atoms with E-state index in [9.17, 15) is 18.0 Å². The van der Waals surface area contributed by atoms with E-state index < -0.39 is 17.6 Å². The molecule has 0 bridgehead atoms. The van der Waals surface area contributed by atoms with E-state index in [1.54, 1.807) is 30.3 Å². The lowest BCUT2D eigenvalue weighted by Gasteiger charge is -2.16. The number of hydrogen-bond acceptors (Lipinski definition) is 4. The van der Waals surface area contributed by atoms with E-state index in [0.717, 1.165) is 34.4 Å². The first-order valence-corrected chi connectivity index (χ1v) is 12.1. The van der Waals surface area contributed by atoms with Gasteiger partial charge in [-0.15, -0.1) is 0 Å². The van der Waals surface area contributed by atoms with E-state index in [1.807, 2.05) is 18.2 Å². The van der Waals surface area contributed by atoms with Crippen LogP contribution in [0.3, 0.4) is 0 Å². The summed E-state index contributed by atoms with van der Waals surface area (Å²) >= 11 is 15.9. The lowest BCUT2D eigenvalue weighted by Crippen LogP contribution is -2.27. The molecule has 0 unspecified atom stereocenters. The number of ether oxygens (including phenoxy) is 1. The van der Waals surface area contributed by atoms with E-state index in [2.05, 4.69) is 15.9 Å². The van der Waals surface area contributed by atoms with Gasteiger partial charge < -0.3 is 4.74 Å². The third-order valence-electron chi connectivity index (χ3n) is 4.82. The number of thioether (sulfide) groups is 1. The number of rotatable bonds is 5. The second-order valence-corrected chi connectivity index (χ2v) is 10.1. The van der Waals surface area contributed by atoms with Gasteiger partial charge in [0.25, 0.3) is 5.91 Å². The van der Waals surface area contributed by atoms with Gasteiger partial charge in [0.1, 0.15) is 12.4 Å². The smallest absolute Gasteiger partial charge is 0.416 e. The molecule has 0 radical (unpaired) electrons. The van der Waals surface area contributed by atoms with Gasteiger partial charge in [-0.25, -0.2) is 0 Å². The summed E-state index contributed by atoms with van der Waals surface area (Å²) in [7, 11) is 0. The van der Waals surface area contributed by atoms with Crippen LogP contribution >= 0.6 is 51.5 Å². The molecular formula is C24H14BrClF3NO2S2. The first-order chi connectivity index (χ1) is 16.1. The van der Waals surface area contributed by atoms with E-state index in [4.69, 9.17) is 28.6 Å². The van der Waals surface area contributed by atoms with Crippen molar-refractivity contribution in [1.82, 2.24) is 0 Å². The van der Waals surface area contributed by atoms with Crippen LogP contribution in [0.2, 0.25) is 5.02 Å². The SMILES string of the molecule is O=C1/C(=C/c2ccc(OCc3ccccc3Cl)c(Br)c2)SC(=S)N1c1cccc(C(F)(F)F)c1. The molecule has 0 atom stereocenters. The number of carbonyl (C=O) groups excluding carboxylic acids is 1. The molecule has 3 aromatic rings. The highest BCUT2D eigenvalue weighted by molar-refractivity contribution is 9.10. The first kappa shape index (κ1) is 24.8. The maximum atomic E-state index is 13.1. The minimum atomic E-state index is -4.52. The minimum absolute atomic E-state index is 0.0743. The molecule has 1 aliphatic rings. The van der Waals surface area contributed by atoms with Crippen LogP contribution in [0.4, 0.5) is 18.9 Å². The average Bonchev–Trinajstić information content (AvgIpc) is 3.06. The van der Waals surface area contributed by atoms with Gasteiger partial charge in [-0.1, -0.05) is 65.9 Å². The molecule has 1 amide bonds. The number of benzene rings is 3. The maximum absolute atomic E-state index is 13.1. The Hall–Kier alpha value is -2.33. The third kappa shape index (κ3) is 5.49. The number of nitrogens with zero attached hydrogens (tertiary/aromatic N) is 1. The van der Waals surface area contributed by atoms with E-state index in [-0.39, 0.29) is 16.6 Å². The molecule has 3 nitrogen and oxygen atoms in total. The zero-order chi connectivity index (χ0) is 24.5. The fourth-order valence-electron chi connectivity index (χ4n) is 3.16. The van der Waals surface area contributed by atoms with Crippen molar-refractivity contribution in [2.24, 2.45) is 0 Å². The number of anilines is 1. The standard InChI is InChI=1S/C24H14BrClF3NO2S2/c25-18-10-14(8-9-20(18)32-13-15-4-1-2-7-19(15)26)11-21-22(31)30(23(33)34-21)17-6-3-5-16(12-17)24(27,28)29/h1-12H,13H2/b21-11-. The molecule has 0 aliphatic carbocycles. The number of thiocarbonyl (C=S) groups is 1. The van der Waals surface area contributed by atoms with Gasteiger partial charge in [0.05, 0.1) is 20.6 Å². The predicted octanol–water partition coefficient (Wildman–Crippen LogP) is 8.11. The molecule has 1 aliphatic heterocycles. The van der Waals surface area contributed by atoms with Gasteiger partial charge in [-0.2, -0.15) is 13.2 Å². The number of hydrogen-bond donors (Lipinski definition) is 0. The van der Waals surface area contributed by atoms with Gasteiger partial charge in [0, 0.05) is 10.6 Å². The van der Waals surface area contributed by atoms with E-state index in [1.165, 1.54) is 12.1 Å². The van der Waals surface area contributed by atoms with Crippen molar-refractivity contribution < 1.29 is 22.7 Å². The summed E-state index contributed by atoms with van der Waals surface area (Å²) in [6.45, 7) is 0.285. The lowest BCUT2D eigenvalue weighted by atomic mass is 10.1. The van der Waals surface area contributed by atoms with Gasteiger partial charge in [-0.3, -0.25) is 9.69 Å². The quantitative estimate of drug-likeness (QED) is 0.224. The van der Waals surface area contributed by atoms with Crippen LogP contribution < -0.4 is 9.64 Å². The largest absolute Gasteiger partial charge is 0.488 e. The Balaban J connectivity index is 1.52. The van der Waals surface area contributed by atoms with Gasteiger partial charge in [0.15, 0.2) is 4.32 Å². The molecule has 0 spiro atoms. The summed E-state index contributed by atoms with van der Waals surface area (Å²) in [5.41, 5.74) is 0.768. The third-order valence-corrected chi connectivity index (χ3v) is 7.11. The van der Waals surface area contributed by atoms with Crippen molar-refractivity contribution in [2.45, 2.75) is 12.8 Å². The molecule has 0 saturated carbocycles. The number of amides is 1. The van der Waals surface area contributed by atoms with Crippen LogP contribution in [-0.4, -0.2) is 10.2 Å². The zero-order valence-corrected chi connectivity index (χ0v) is 21.1. The monoisotopic (exact) mass is 583 g/mol. The van der Waals surface area contributed by atoms with Gasteiger partial charge in [0.2, 0.25) is 0 Å². The first-order valence-electron chi connectivity index (χ1n) is 9.74. The normalized spacial score (nSPS) is 15.3. The Bertz CT molecular complexity index is 1310. The highest BCUT2D eigenvalue weighted by atomic mass is 79.9. The molecule has 1 heterocycles. The van der Waals surface area contributed by atoms with E-state index >= 15 is 0 Å². The fourth-order valence-corrected chi connectivity index (χ4v) is 5.16. The lowest BCUT2D eigenvalue weighted by molar-refractivity contribution is -0.137. The molecule has 0 N–H and O–H groups in total. The number of halogens is 5. The molecule has 3 aromatic carbocycles. The fraction of sp³-hybridized carbons (Fsp3) is 0.0833. The number of carbonyl (C=O) groups is 1. The van der Waals surface area contributed by atoms with Crippen molar-refractivity contribution in [3.8, 4) is 5.75 Å². The second kappa shape index (κ2) is 10.1. The van der Waals surface area contributed by atoms with E-state index in [0.29, 0.717) is 25.7 Å². The second-order valence-electron chi connectivity index (χ2n) is 7.14. The summed E-state index contributed by atoms with van der Waals surface area (Å²) in [6.07, 6.45) is -2.89. The maximum Gasteiger partial charge on any atom is 0.416 e. The molecule has 34 heavy (non-hydrogen) atoms. The Morgan fingerprint density at radius 3 is 2.56 bits per heavy atom. The molecule has 1 fully saturated rings. The Morgan fingerprint density at radius 1 is 1.09 bits per heavy atom. The van der Waals surface area contributed by atoms with Gasteiger partial charge in [-0.05, 0) is 64.0 Å². The van der Waals surface area contributed by atoms with Crippen LogP contribution in [0.15, 0.2) is 76.1 Å². The van der Waals surface area contributed by atoms with Crippen molar-refractivity contribution >= 4 is 73.5 Å². The minimum Gasteiger partial charge on any atom is -0.488 e. The van der Waals surface area contributed by atoms with Crippen molar-refractivity contribution in [2.75, 3.05) is 4.90 Å². The topological polar surface area (TPSA) is 29.5 Å². The summed E-state index contributed by atoms with van der Waals surface area (Å²) < 4.78 is 45.9. The van der Waals surface area contributed by atoms with Crippen LogP contribution in [0, 0.1) is 0 Å². The highest BCUT2D eigenvalue weighted by Crippen LogP contribution is 2.39. The zero-order valence-electron chi connectivity index (χ0n) is 17.1. The molecule has 4 rings (SSSR count). The highest BCUT2D eigenvalue weighted by Gasteiger charge is 2.36. The Labute approximate surface area is 216 Å². The summed E-state index contributed by atoms with van der Waals surface area (Å²) in [4.78, 5) is 14.4. The molecule has 1 saturated heterocycles. The molecule has 10 heteroatoms. The summed E-state index contributed by atoms with van der Waals surface area (Å²) in [6, 6.07) is 17.2. The average molecular weight is 585 g/mol. The molecular weight excluding hydrogens is 571 g/mol. The summed E-state index contributed by atoms with van der Waals surface area (Å²) in [5.74, 6) is 0.109. The van der Waals surface area contributed by atoms with Crippen molar-refractivity contribution in [1.29, 1.82) is 0 Å². The van der Waals surface area contributed by atoms with Crippen molar-refractivity contribution in [3.05, 3.63) is 97.8 Å². The van der Waals surface area contributed by atoms with Crippen LogP contribution in [0.25, 0.3) is 6.08 Å². The molecule has 0 aromatic heterocycles.